The van der Waals surface area contributed by atoms with Crippen LogP contribution in [0.4, 0.5) is 4.79 Å². The number of carboxylic acid groups (broad SMARTS) is 1. The third-order valence-electron chi connectivity index (χ3n) is 3.64. The molecule has 1 aliphatic heterocycles. The molecule has 0 aromatic rings. The summed E-state index contributed by atoms with van der Waals surface area (Å²) in [7, 11) is 0. The Hall–Kier alpha value is -1.30. The number of hydrogen-bond donors (Lipinski definition) is 2. The van der Waals surface area contributed by atoms with Crippen LogP contribution in [0.3, 0.4) is 0 Å². The summed E-state index contributed by atoms with van der Waals surface area (Å²) in [5.41, 5.74) is 0. The van der Waals surface area contributed by atoms with Gasteiger partial charge in [-0.2, -0.15) is 0 Å². The van der Waals surface area contributed by atoms with Gasteiger partial charge in [-0.3, -0.25) is 4.79 Å². The molecule has 0 aromatic heterocycles. The van der Waals surface area contributed by atoms with E-state index in [0.29, 0.717) is 25.4 Å². The minimum absolute atomic E-state index is 0.0300. The zero-order valence-electron chi connectivity index (χ0n) is 13.1. The van der Waals surface area contributed by atoms with Crippen LogP contribution in [-0.4, -0.2) is 54.4 Å². The molecule has 2 N–H and O–H groups in total. The number of aliphatic carboxylic acids is 1. The first-order chi connectivity index (χ1) is 9.99. The monoisotopic (exact) mass is 300 g/mol. The van der Waals surface area contributed by atoms with E-state index >= 15 is 0 Å². The fourth-order valence-electron chi connectivity index (χ4n) is 2.43. The summed E-state index contributed by atoms with van der Waals surface area (Å²) in [4.78, 5) is 24.3. The van der Waals surface area contributed by atoms with Crippen molar-refractivity contribution in [3.63, 3.8) is 0 Å². The van der Waals surface area contributed by atoms with Crippen molar-refractivity contribution in [1.82, 2.24) is 10.2 Å². The molecular weight excluding hydrogens is 272 g/mol. The Morgan fingerprint density at radius 3 is 2.81 bits per heavy atom. The summed E-state index contributed by atoms with van der Waals surface area (Å²) in [6.45, 7) is 6.82. The van der Waals surface area contributed by atoms with Crippen molar-refractivity contribution < 1.29 is 19.4 Å². The minimum Gasteiger partial charge on any atom is -0.481 e. The first-order valence-corrected chi connectivity index (χ1v) is 7.85. The predicted octanol–water partition coefficient (Wildman–Crippen LogP) is 2.09. The highest BCUT2D eigenvalue weighted by molar-refractivity contribution is 5.74. The van der Waals surface area contributed by atoms with Gasteiger partial charge in [0.25, 0.3) is 0 Å². The van der Waals surface area contributed by atoms with Gasteiger partial charge >= 0.3 is 12.0 Å². The van der Waals surface area contributed by atoms with Gasteiger partial charge in [-0.25, -0.2) is 4.79 Å². The molecule has 2 amide bonds. The summed E-state index contributed by atoms with van der Waals surface area (Å²) in [6.07, 6.45) is 3.87. The van der Waals surface area contributed by atoms with Crippen LogP contribution in [0.5, 0.6) is 0 Å². The van der Waals surface area contributed by atoms with Crippen molar-refractivity contribution in [2.45, 2.75) is 52.1 Å². The zero-order valence-corrected chi connectivity index (χ0v) is 13.1. The number of ether oxygens (including phenoxy) is 1. The van der Waals surface area contributed by atoms with Crippen molar-refractivity contribution in [2.75, 3.05) is 26.2 Å². The molecule has 21 heavy (non-hydrogen) atoms. The van der Waals surface area contributed by atoms with E-state index in [1.54, 1.807) is 4.90 Å². The van der Waals surface area contributed by atoms with Gasteiger partial charge in [0.15, 0.2) is 0 Å². The smallest absolute Gasteiger partial charge is 0.317 e. The third-order valence-corrected chi connectivity index (χ3v) is 3.64. The Morgan fingerprint density at radius 1 is 1.38 bits per heavy atom. The molecule has 0 aliphatic carbocycles. The van der Waals surface area contributed by atoms with E-state index in [1.165, 1.54) is 0 Å². The topological polar surface area (TPSA) is 78.9 Å². The first-order valence-electron chi connectivity index (χ1n) is 7.85. The molecule has 1 atom stereocenters. The van der Waals surface area contributed by atoms with Gasteiger partial charge in [0, 0.05) is 32.7 Å². The molecule has 1 fully saturated rings. The summed E-state index contributed by atoms with van der Waals surface area (Å²) < 4.78 is 5.44. The average Bonchev–Trinajstić information content (AvgIpc) is 2.88. The van der Waals surface area contributed by atoms with Gasteiger partial charge in [-0.1, -0.05) is 0 Å². The van der Waals surface area contributed by atoms with Gasteiger partial charge < -0.3 is 20.1 Å². The number of nitrogens with zero attached hydrogens (tertiary/aromatic N) is 1. The van der Waals surface area contributed by atoms with Crippen molar-refractivity contribution in [2.24, 2.45) is 5.92 Å². The average molecular weight is 300 g/mol. The molecule has 1 unspecified atom stereocenters. The van der Waals surface area contributed by atoms with Gasteiger partial charge in [-0.15, -0.1) is 0 Å². The fraction of sp³-hybridized carbons (Fsp3) is 0.867. The molecule has 0 saturated carbocycles. The molecular formula is C15H28N2O4. The van der Waals surface area contributed by atoms with Gasteiger partial charge in [0.05, 0.1) is 6.10 Å². The predicted molar refractivity (Wildman–Crippen MR) is 80.3 cm³/mol. The SMILES string of the molecule is CC(C)OCCCCNC(=O)N1CCC(CCC(=O)O)C1. The molecule has 1 saturated heterocycles. The molecule has 1 aliphatic rings. The van der Waals surface area contributed by atoms with E-state index < -0.39 is 5.97 Å². The Kier molecular flexibility index (Phi) is 8.12. The van der Waals surface area contributed by atoms with E-state index in [0.717, 1.165) is 32.4 Å². The molecule has 0 spiro atoms. The number of carbonyl (C=O) groups is 2. The van der Waals surface area contributed by atoms with Crippen molar-refractivity contribution in [3.8, 4) is 0 Å². The molecule has 1 heterocycles. The number of likely N-dealkylation sites (tertiary alicyclic amines) is 1. The number of carboxylic acids is 1. The number of unbranched alkanes of at least 4 members (excludes halogenated alkanes) is 1. The number of hydrogen-bond acceptors (Lipinski definition) is 3. The quantitative estimate of drug-likeness (QED) is 0.639. The maximum Gasteiger partial charge on any atom is 0.317 e. The minimum atomic E-state index is -0.762. The van der Waals surface area contributed by atoms with E-state index in [4.69, 9.17) is 9.84 Å². The second-order valence-electron chi connectivity index (χ2n) is 5.89. The highest BCUT2D eigenvalue weighted by Gasteiger charge is 2.26. The standard InChI is InChI=1S/C15H28N2O4/c1-12(2)21-10-4-3-8-16-15(20)17-9-7-13(11-17)5-6-14(18)19/h12-13H,3-11H2,1-2H3,(H,16,20)(H,18,19). The summed E-state index contributed by atoms with van der Waals surface area (Å²) in [6, 6.07) is -0.0300. The normalized spacial score (nSPS) is 18.2. The molecule has 0 aromatic carbocycles. The first kappa shape index (κ1) is 17.8. The van der Waals surface area contributed by atoms with Crippen LogP contribution < -0.4 is 5.32 Å². The van der Waals surface area contributed by atoms with Crippen LogP contribution in [0.1, 0.15) is 46.0 Å². The van der Waals surface area contributed by atoms with E-state index in [9.17, 15) is 9.59 Å². The summed E-state index contributed by atoms with van der Waals surface area (Å²) in [5.74, 6) is -0.437. The molecule has 0 radical (unpaired) electrons. The number of rotatable bonds is 9. The lowest BCUT2D eigenvalue weighted by Gasteiger charge is -2.17. The maximum atomic E-state index is 11.9. The molecule has 122 valence electrons. The third kappa shape index (κ3) is 7.90. The van der Waals surface area contributed by atoms with Crippen LogP contribution in [0.15, 0.2) is 0 Å². The van der Waals surface area contributed by atoms with E-state index in [1.807, 2.05) is 13.8 Å². The second-order valence-corrected chi connectivity index (χ2v) is 5.89. The van der Waals surface area contributed by atoms with Crippen LogP contribution in [0.25, 0.3) is 0 Å². The molecule has 6 nitrogen and oxygen atoms in total. The number of carbonyl (C=O) groups excluding carboxylic acids is 1. The van der Waals surface area contributed by atoms with Gasteiger partial charge in [0.1, 0.15) is 0 Å². The van der Waals surface area contributed by atoms with E-state index in [-0.39, 0.29) is 18.6 Å². The van der Waals surface area contributed by atoms with Gasteiger partial charge in [-0.05, 0) is 45.4 Å². The Bertz CT molecular complexity index is 334. The number of amides is 2. The number of nitrogens with one attached hydrogen (secondary N) is 1. The van der Waals surface area contributed by atoms with Crippen LogP contribution in [0.2, 0.25) is 0 Å². The number of urea groups is 1. The Labute approximate surface area is 126 Å². The van der Waals surface area contributed by atoms with Crippen LogP contribution >= 0.6 is 0 Å². The fourth-order valence-corrected chi connectivity index (χ4v) is 2.43. The maximum absolute atomic E-state index is 11.9. The van der Waals surface area contributed by atoms with E-state index in [2.05, 4.69) is 5.32 Å². The zero-order chi connectivity index (χ0) is 15.7. The lowest BCUT2D eigenvalue weighted by Crippen LogP contribution is -2.39. The summed E-state index contributed by atoms with van der Waals surface area (Å²) in [5, 5.41) is 11.6. The Morgan fingerprint density at radius 2 is 2.14 bits per heavy atom. The largest absolute Gasteiger partial charge is 0.481 e. The molecule has 1 rings (SSSR count). The lowest BCUT2D eigenvalue weighted by atomic mass is 10.0. The molecule has 0 bridgehead atoms. The highest BCUT2D eigenvalue weighted by atomic mass is 16.5. The Balaban J connectivity index is 2.06. The van der Waals surface area contributed by atoms with Crippen LogP contribution in [-0.2, 0) is 9.53 Å². The van der Waals surface area contributed by atoms with Gasteiger partial charge in [0.2, 0.25) is 0 Å². The highest BCUT2D eigenvalue weighted by Crippen LogP contribution is 2.20. The lowest BCUT2D eigenvalue weighted by molar-refractivity contribution is -0.137. The van der Waals surface area contributed by atoms with Crippen molar-refractivity contribution in [1.29, 1.82) is 0 Å². The van der Waals surface area contributed by atoms with Crippen molar-refractivity contribution >= 4 is 12.0 Å². The molecule has 6 heteroatoms. The second kappa shape index (κ2) is 9.60. The van der Waals surface area contributed by atoms with Crippen LogP contribution in [0, 0.1) is 5.92 Å². The van der Waals surface area contributed by atoms with Crippen molar-refractivity contribution in [3.05, 3.63) is 0 Å². The summed E-state index contributed by atoms with van der Waals surface area (Å²) >= 11 is 0.